The minimum absolute atomic E-state index is 0.563. The molecule has 0 atom stereocenters. The first-order chi connectivity index (χ1) is 19.0. The Morgan fingerprint density at radius 2 is 1.59 bits per heavy atom. The largest absolute Gasteiger partial charge is 0.481 e. The zero-order chi connectivity index (χ0) is 27.0. The number of methoxy groups -OCH3 is 1. The smallest absolute Gasteiger partial charge is 0.314 e. The zero-order valence-electron chi connectivity index (χ0n) is 21.7. The number of hydrogen-bond acceptors (Lipinski definition) is 6. The summed E-state index contributed by atoms with van der Waals surface area (Å²) in [5, 5.41) is 13.8. The molecule has 0 unspecified atom stereocenters. The first-order valence-corrected chi connectivity index (χ1v) is 12.8. The summed E-state index contributed by atoms with van der Waals surface area (Å²) >= 11 is 0. The van der Waals surface area contributed by atoms with Crippen LogP contribution in [0.5, 0.6) is 5.88 Å². The molecule has 1 N–H and O–H groups in total. The maximum atomic E-state index is 11.6. The lowest BCUT2D eigenvalue weighted by atomic mass is 9.93. The molecule has 2 aromatic carbocycles. The van der Waals surface area contributed by atoms with Gasteiger partial charge in [0.15, 0.2) is 5.76 Å². The van der Waals surface area contributed by atoms with E-state index in [1.165, 1.54) is 0 Å². The molecule has 1 aliphatic rings. The van der Waals surface area contributed by atoms with Crippen molar-refractivity contribution in [3.05, 3.63) is 108 Å². The van der Waals surface area contributed by atoms with Crippen molar-refractivity contribution in [1.82, 2.24) is 15.1 Å². The molecule has 1 fully saturated rings. The summed E-state index contributed by atoms with van der Waals surface area (Å²) in [5.74, 6) is 0.551. The molecule has 5 aromatic rings. The highest BCUT2D eigenvalue weighted by atomic mass is 16.5. The third-order valence-corrected chi connectivity index (χ3v) is 7.47. The molecule has 6 rings (SSSR count). The van der Waals surface area contributed by atoms with E-state index >= 15 is 0 Å². The fraction of sp³-hybridized carbons (Fsp3) is 0.188. The molecule has 3 aromatic heterocycles. The Labute approximate surface area is 226 Å². The highest BCUT2D eigenvalue weighted by molar-refractivity contribution is 5.85. The molecule has 7 heteroatoms. The van der Waals surface area contributed by atoms with Gasteiger partial charge in [0.25, 0.3) is 0 Å². The monoisotopic (exact) mass is 517 g/mol. The van der Waals surface area contributed by atoms with Gasteiger partial charge < -0.3 is 14.4 Å². The lowest BCUT2D eigenvalue weighted by molar-refractivity contribution is -0.140. The summed E-state index contributed by atoms with van der Waals surface area (Å²) in [6.45, 7) is 1.94. The zero-order valence-corrected chi connectivity index (χ0v) is 21.7. The second kappa shape index (κ2) is 9.83. The summed E-state index contributed by atoms with van der Waals surface area (Å²) in [4.78, 5) is 20.8. The van der Waals surface area contributed by atoms with Crippen molar-refractivity contribution in [2.24, 2.45) is 0 Å². The van der Waals surface area contributed by atoms with E-state index in [4.69, 9.17) is 14.2 Å². The van der Waals surface area contributed by atoms with Crippen LogP contribution in [0.4, 0.5) is 0 Å². The average molecular weight is 518 g/mol. The molecule has 0 radical (unpaired) electrons. The molecule has 194 valence electrons. The minimum atomic E-state index is -0.738. The van der Waals surface area contributed by atoms with E-state index in [-0.39, 0.29) is 0 Å². The predicted octanol–water partition coefficient (Wildman–Crippen LogP) is 6.49. The van der Waals surface area contributed by atoms with Gasteiger partial charge in [-0.1, -0.05) is 59.8 Å². The van der Waals surface area contributed by atoms with Crippen molar-refractivity contribution in [2.45, 2.75) is 31.6 Å². The quantitative estimate of drug-likeness (QED) is 0.251. The second-order valence-corrected chi connectivity index (χ2v) is 9.90. The van der Waals surface area contributed by atoms with Gasteiger partial charge in [-0.3, -0.25) is 9.78 Å². The Morgan fingerprint density at radius 1 is 0.923 bits per heavy atom. The van der Waals surface area contributed by atoms with Crippen LogP contribution in [-0.2, 0) is 16.6 Å². The number of carboxylic acid groups (broad SMARTS) is 1. The summed E-state index contributed by atoms with van der Waals surface area (Å²) in [6.07, 6.45) is 3.74. The van der Waals surface area contributed by atoms with Gasteiger partial charge in [-0.25, -0.2) is 4.98 Å². The van der Waals surface area contributed by atoms with E-state index in [2.05, 4.69) is 10.1 Å². The van der Waals surface area contributed by atoms with Crippen LogP contribution < -0.4 is 4.74 Å². The third kappa shape index (κ3) is 4.68. The summed E-state index contributed by atoms with van der Waals surface area (Å²) in [5.41, 5.74) is 7.68. The fourth-order valence-electron chi connectivity index (χ4n) is 4.94. The Bertz CT molecular complexity index is 1630. The average Bonchev–Trinajstić information content (AvgIpc) is 3.73. The molecule has 3 heterocycles. The Balaban J connectivity index is 1.23. The summed E-state index contributed by atoms with van der Waals surface area (Å²) < 4.78 is 10.9. The number of carbonyl (C=O) groups is 1. The fourth-order valence-corrected chi connectivity index (χ4v) is 4.94. The van der Waals surface area contributed by atoms with Crippen molar-refractivity contribution >= 4 is 5.97 Å². The van der Waals surface area contributed by atoms with Gasteiger partial charge in [0, 0.05) is 41.1 Å². The highest BCUT2D eigenvalue weighted by Gasteiger charge is 2.51. The Kier molecular flexibility index (Phi) is 6.19. The normalized spacial score (nSPS) is 13.7. The molecule has 0 spiro atoms. The van der Waals surface area contributed by atoms with E-state index in [0.29, 0.717) is 25.1 Å². The van der Waals surface area contributed by atoms with Crippen LogP contribution in [-0.4, -0.2) is 33.3 Å². The van der Waals surface area contributed by atoms with E-state index in [0.717, 1.165) is 56.2 Å². The lowest BCUT2D eigenvalue weighted by Gasteiger charge is -2.11. The Hall–Kier alpha value is -4.78. The number of benzene rings is 2. The van der Waals surface area contributed by atoms with Gasteiger partial charge in [0.1, 0.15) is 0 Å². The third-order valence-electron chi connectivity index (χ3n) is 7.47. The van der Waals surface area contributed by atoms with Crippen LogP contribution in [0, 0.1) is 6.92 Å². The number of nitrogens with zero attached hydrogens (tertiary/aromatic N) is 3. The number of pyridine rings is 2. The number of hydrogen-bond donors (Lipinski definition) is 1. The van der Waals surface area contributed by atoms with Crippen LogP contribution in [0.25, 0.3) is 33.7 Å². The summed E-state index contributed by atoms with van der Waals surface area (Å²) in [7, 11) is 1.59. The van der Waals surface area contributed by atoms with Crippen molar-refractivity contribution in [3.8, 4) is 39.6 Å². The molecule has 0 saturated heterocycles. The maximum absolute atomic E-state index is 11.6. The number of ether oxygens (including phenoxy) is 1. The predicted molar refractivity (Wildman–Crippen MR) is 147 cm³/mol. The van der Waals surface area contributed by atoms with Gasteiger partial charge in [-0.2, -0.15) is 0 Å². The Morgan fingerprint density at radius 3 is 2.21 bits per heavy atom. The maximum Gasteiger partial charge on any atom is 0.314 e. The standard InChI is InChI=1S/C32H27N3O4/c1-20-27(18-26-4-3-5-28(34-26)24-12-15-29(38-2)33-19-24)30(39-35-20)23-8-6-21(7-9-23)22-10-13-25(14-11-22)32(16-17-32)31(36)37/h3-15,19H,16-18H2,1-2H3,(H,36,37). The van der Waals surface area contributed by atoms with Crippen molar-refractivity contribution < 1.29 is 19.2 Å². The number of aliphatic carboxylic acids is 1. The first kappa shape index (κ1) is 24.6. The lowest BCUT2D eigenvalue weighted by Crippen LogP contribution is -2.19. The van der Waals surface area contributed by atoms with Crippen LogP contribution in [0.3, 0.4) is 0 Å². The van der Waals surface area contributed by atoms with Crippen LogP contribution in [0.2, 0.25) is 0 Å². The molecule has 1 aliphatic carbocycles. The molecular formula is C32H27N3O4. The van der Waals surface area contributed by atoms with Gasteiger partial charge in [0.05, 0.1) is 23.9 Å². The molecule has 0 bridgehead atoms. The molecular weight excluding hydrogens is 490 g/mol. The number of rotatable bonds is 8. The molecule has 1 saturated carbocycles. The molecule has 7 nitrogen and oxygen atoms in total. The van der Waals surface area contributed by atoms with Crippen LogP contribution in [0.15, 0.2) is 89.6 Å². The van der Waals surface area contributed by atoms with Crippen molar-refractivity contribution in [2.75, 3.05) is 7.11 Å². The minimum Gasteiger partial charge on any atom is -0.481 e. The number of carboxylic acids is 1. The van der Waals surface area contributed by atoms with E-state index in [1.807, 2.05) is 85.8 Å². The van der Waals surface area contributed by atoms with Crippen molar-refractivity contribution in [3.63, 3.8) is 0 Å². The van der Waals surface area contributed by atoms with E-state index in [9.17, 15) is 9.90 Å². The SMILES string of the molecule is COc1ccc(-c2cccc(Cc3c(C)noc3-c3ccc(-c4ccc(C5(C(=O)O)CC5)cc4)cc3)n2)cn1. The van der Waals surface area contributed by atoms with E-state index in [1.54, 1.807) is 13.3 Å². The van der Waals surface area contributed by atoms with Gasteiger partial charge >= 0.3 is 5.97 Å². The number of aryl methyl sites for hydroxylation is 1. The van der Waals surface area contributed by atoms with E-state index < -0.39 is 11.4 Å². The topological polar surface area (TPSA) is 98.3 Å². The van der Waals surface area contributed by atoms with Gasteiger partial charge in [-0.05, 0) is 54.7 Å². The number of aromatic nitrogens is 3. The molecule has 39 heavy (non-hydrogen) atoms. The van der Waals surface area contributed by atoms with Crippen LogP contribution in [0.1, 0.15) is 35.4 Å². The van der Waals surface area contributed by atoms with Crippen LogP contribution >= 0.6 is 0 Å². The first-order valence-electron chi connectivity index (χ1n) is 12.8. The van der Waals surface area contributed by atoms with Gasteiger partial charge in [-0.15, -0.1) is 0 Å². The second-order valence-electron chi connectivity index (χ2n) is 9.90. The van der Waals surface area contributed by atoms with Gasteiger partial charge in [0.2, 0.25) is 5.88 Å². The summed E-state index contributed by atoms with van der Waals surface area (Å²) in [6, 6.07) is 25.7. The molecule has 0 amide bonds. The molecule has 0 aliphatic heterocycles. The highest BCUT2D eigenvalue weighted by Crippen LogP contribution is 2.48. The van der Waals surface area contributed by atoms with Crippen molar-refractivity contribution in [1.29, 1.82) is 0 Å².